The maximum Gasteiger partial charge on any atom is 0.410 e. The topological polar surface area (TPSA) is 138 Å². The van der Waals surface area contributed by atoms with Crippen molar-refractivity contribution in [2.75, 3.05) is 32.7 Å². The van der Waals surface area contributed by atoms with Crippen molar-refractivity contribution in [1.82, 2.24) is 25.1 Å². The molecule has 45 heavy (non-hydrogen) atoms. The van der Waals surface area contributed by atoms with Crippen LogP contribution in [0.15, 0.2) is 30.3 Å². The van der Waals surface area contributed by atoms with Gasteiger partial charge in [0.15, 0.2) is 5.78 Å². The van der Waals surface area contributed by atoms with E-state index in [1.165, 1.54) is 14.9 Å². The molecule has 3 aliphatic rings. The third-order valence-corrected chi connectivity index (χ3v) is 7.83. The molecule has 13 heteroatoms. The quantitative estimate of drug-likeness (QED) is 0.437. The first-order chi connectivity index (χ1) is 21.1. The minimum atomic E-state index is -0.774. The van der Waals surface area contributed by atoms with Gasteiger partial charge in [-0.15, -0.1) is 0 Å². The third-order valence-electron chi connectivity index (χ3n) is 7.83. The summed E-state index contributed by atoms with van der Waals surface area (Å²) >= 11 is 0. The van der Waals surface area contributed by atoms with Crippen LogP contribution in [-0.4, -0.2) is 112 Å². The summed E-state index contributed by atoms with van der Waals surface area (Å²) in [5.41, 5.74) is -0.461. The molecule has 248 valence electrons. The van der Waals surface area contributed by atoms with Gasteiger partial charge in [0.25, 0.3) is 0 Å². The number of likely N-dealkylation sites (tertiary alicyclic amines) is 1. The number of rotatable bonds is 9. The summed E-state index contributed by atoms with van der Waals surface area (Å²) in [6, 6.07) is 7.97. The number of piperidine rings is 2. The molecule has 3 aliphatic heterocycles. The molecule has 3 heterocycles. The van der Waals surface area contributed by atoms with Crippen molar-refractivity contribution < 1.29 is 38.3 Å². The molecule has 1 aromatic rings. The number of hydroxylamine groups is 2. The lowest BCUT2D eigenvalue weighted by Crippen LogP contribution is -2.53. The first-order valence-corrected chi connectivity index (χ1v) is 15.6. The van der Waals surface area contributed by atoms with E-state index in [0.717, 1.165) is 5.56 Å². The first kappa shape index (κ1) is 34.0. The van der Waals surface area contributed by atoms with E-state index in [0.29, 0.717) is 45.3 Å². The molecular formula is C32H47N5O8. The van der Waals surface area contributed by atoms with Gasteiger partial charge in [-0.2, -0.15) is 5.06 Å². The normalized spacial score (nSPS) is 20.6. The van der Waals surface area contributed by atoms with Gasteiger partial charge in [0, 0.05) is 25.7 Å². The van der Waals surface area contributed by atoms with Gasteiger partial charge in [-0.3, -0.25) is 19.3 Å². The van der Waals surface area contributed by atoms with Crippen LogP contribution in [-0.2, 0) is 30.5 Å². The van der Waals surface area contributed by atoms with Gasteiger partial charge in [0.1, 0.15) is 23.9 Å². The van der Waals surface area contributed by atoms with Crippen LogP contribution in [0.2, 0.25) is 0 Å². The van der Waals surface area contributed by atoms with E-state index in [-0.39, 0.29) is 43.6 Å². The number of carbonyl (C=O) groups excluding carboxylic acids is 5. The zero-order valence-electron chi connectivity index (χ0n) is 27.2. The van der Waals surface area contributed by atoms with Gasteiger partial charge in [-0.25, -0.2) is 14.4 Å². The molecule has 4 rings (SSSR count). The molecule has 1 N–H and O–H groups in total. The zero-order valence-corrected chi connectivity index (χ0v) is 27.2. The van der Waals surface area contributed by atoms with E-state index in [4.69, 9.17) is 14.3 Å². The number of Topliss-reactive ketones (excluding diaryl/α,β-unsaturated/α-hetero) is 1. The molecule has 2 bridgehead atoms. The van der Waals surface area contributed by atoms with Crippen molar-refractivity contribution in [2.24, 2.45) is 0 Å². The molecule has 5 amide bonds. The first-order valence-electron chi connectivity index (χ1n) is 15.6. The third kappa shape index (κ3) is 9.32. The average Bonchev–Trinajstić information content (AvgIpc) is 3.20. The Bertz CT molecular complexity index is 1240. The predicted molar refractivity (Wildman–Crippen MR) is 164 cm³/mol. The van der Waals surface area contributed by atoms with E-state index in [2.05, 4.69) is 5.32 Å². The molecule has 3 saturated heterocycles. The number of amides is 5. The Morgan fingerprint density at radius 2 is 1.56 bits per heavy atom. The smallest absolute Gasteiger partial charge is 0.410 e. The minimum Gasteiger partial charge on any atom is -0.444 e. The largest absolute Gasteiger partial charge is 0.444 e. The summed E-state index contributed by atoms with van der Waals surface area (Å²) in [6.07, 6.45) is 0.886. The number of nitrogens with one attached hydrogen (secondary N) is 1. The fourth-order valence-electron chi connectivity index (χ4n) is 5.69. The summed E-state index contributed by atoms with van der Waals surface area (Å²) in [5, 5.41) is 4.04. The number of ketones is 1. The second-order valence-corrected chi connectivity index (χ2v) is 13.8. The minimum absolute atomic E-state index is 0.143. The van der Waals surface area contributed by atoms with Gasteiger partial charge in [0.05, 0.1) is 19.1 Å². The number of benzene rings is 1. The van der Waals surface area contributed by atoms with E-state index in [9.17, 15) is 24.0 Å². The van der Waals surface area contributed by atoms with Gasteiger partial charge < -0.3 is 24.6 Å². The van der Waals surface area contributed by atoms with Crippen LogP contribution in [0, 0.1) is 0 Å². The van der Waals surface area contributed by atoms with Crippen LogP contribution in [0.3, 0.4) is 0 Å². The van der Waals surface area contributed by atoms with Crippen LogP contribution in [0.4, 0.5) is 14.4 Å². The highest BCUT2D eigenvalue weighted by Crippen LogP contribution is 2.30. The maximum absolute atomic E-state index is 13.2. The van der Waals surface area contributed by atoms with Crippen molar-refractivity contribution >= 4 is 29.9 Å². The molecule has 0 radical (unpaired) electrons. The van der Waals surface area contributed by atoms with Crippen LogP contribution in [0.5, 0.6) is 0 Å². The monoisotopic (exact) mass is 629 g/mol. The van der Waals surface area contributed by atoms with Crippen LogP contribution in [0.1, 0.15) is 72.8 Å². The Balaban J connectivity index is 1.30. The Labute approximate surface area is 265 Å². The Morgan fingerprint density at radius 3 is 2.18 bits per heavy atom. The number of fused-ring (bicyclic) bond motifs is 2. The average molecular weight is 630 g/mol. The standard InChI is InChI=1S/C32H47N5O8/c1-31(2,3)44-29(41)34-16-14-23(15-17-34)35(30(42)45-32(4,5)6)20-25(38)18-33-27(39)26-13-12-24-19-36(26)28(40)37(24)43-21-22-10-8-7-9-11-22/h7-11,23-24,26H,12-21H2,1-6H3,(H,33,39)/t24-,26+/m1/s1. The lowest BCUT2D eigenvalue weighted by atomic mass is 10.0. The highest BCUT2D eigenvalue weighted by atomic mass is 16.7. The van der Waals surface area contributed by atoms with Gasteiger partial charge in [0.2, 0.25) is 5.91 Å². The number of urea groups is 1. The fourth-order valence-corrected chi connectivity index (χ4v) is 5.69. The fraction of sp³-hybridized carbons (Fsp3) is 0.656. The number of hydrogen-bond acceptors (Lipinski definition) is 8. The van der Waals surface area contributed by atoms with E-state index < -0.39 is 35.3 Å². The second kappa shape index (κ2) is 14.1. The summed E-state index contributed by atoms with van der Waals surface area (Å²) in [4.78, 5) is 75.4. The van der Waals surface area contributed by atoms with E-state index >= 15 is 0 Å². The van der Waals surface area contributed by atoms with Crippen LogP contribution < -0.4 is 5.32 Å². The maximum atomic E-state index is 13.2. The lowest BCUT2D eigenvalue weighted by Gasteiger charge is -2.39. The van der Waals surface area contributed by atoms with Gasteiger partial charge >= 0.3 is 18.2 Å². The Hall–Kier alpha value is -3.87. The second-order valence-electron chi connectivity index (χ2n) is 13.8. The van der Waals surface area contributed by atoms with Crippen molar-refractivity contribution in [3.8, 4) is 0 Å². The van der Waals surface area contributed by atoms with Crippen LogP contribution in [0.25, 0.3) is 0 Å². The molecule has 0 unspecified atom stereocenters. The number of ether oxygens (including phenoxy) is 2. The lowest BCUT2D eigenvalue weighted by molar-refractivity contribution is -0.140. The van der Waals surface area contributed by atoms with Crippen molar-refractivity contribution in [2.45, 2.75) is 103 Å². The SMILES string of the molecule is CC(C)(C)OC(=O)N1CCC(N(CC(=O)CNC(=O)[C@@H]2CC[C@@H]3CN2C(=O)N3OCc2ccccc2)C(=O)OC(C)(C)C)CC1. The van der Waals surface area contributed by atoms with E-state index in [1.54, 1.807) is 46.4 Å². The molecule has 3 fully saturated rings. The zero-order chi connectivity index (χ0) is 32.9. The van der Waals surface area contributed by atoms with Crippen molar-refractivity contribution in [3.63, 3.8) is 0 Å². The van der Waals surface area contributed by atoms with E-state index in [1.807, 2.05) is 30.3 Å². The molecular weight excluding hydrogens is 582 g/mol. The molecule has 0 saturated carbocycles. The summed E-state index contributed by atoms with van der Waals surface area (Å²) < 4.78 is 11.1. The van der Waals surface area contributed by atoms with Gasteiger partial charge in [-0.1, -0.05) is 30.3 Å². The Kier molecular flexibility index (Phi) is 10.6. The number of nitrogens with zero attached hydrogens (tertiary/aromatic N) is 4. The number of carbonyl (C=O) groups is 5. The predicted octanol–water partition coefficient (Wildman–Crippen LogP) is 3.71. The molecule has 1 aromatic carbocycles. The summed E-state index contributed by atoms with van der Waals surface area (Å²) in [7, 11) is 0. The molecule has 0 spiro atoms. The highest BCUT2D eigenvalue weighted by Gasteiger charge is 2.48. The Morgan fingerprint density at radius 1 is 0.911 bits per heavy atom. The summed E-state index contributed by atoms with van der Waals surface area (Å²) in [5.74, 6) is -0.799. The van der Waals surface area contributed by atoms with Gasteiger partial charge in [-0.05, 0) is 72.8 Å². The number of hydrogen-bond donors (Lipinski definition) is 1. The highest BCUT2D eigenvalue weighted by molar-refractivity contribution is 5.93. The molecule has 2 atom stereocenters. The molecule has 0 aromatic heterocycles. The van der Waals surface area contributed by atoms with Crippen molar-refractivity contribution in [3.05, 3.63) is 35.9 Å². The molecule has 13 nitrogen and oxygen atoms in total. The van der Waals surface area contributed by atoms with Crippen molar-refractivity contribution in [1.29, 1.82) is 0 Å². The summed E-state index contributed by atoms with van der Waals surface area (Å²) in [6.45, 7) is 11.4. The molecule has 0 aliphatic carbocycles. The van der Waals surface area contributed by atoms with Crippen LogP contribution >= 0.6 is 0 Å².